The second-order valence-corrected chi connectivity index (χ2v) is 3.88. The molecule has 16 heavy (non-hydrogen) atoms. The summed E-state index contributed by atoms with van der Waals surface area (Å²) in [6.07, 6.45) is 0. The van der Waals surface area contributed by atoms with Crippen LogP contribution in [0, 0.1) is 13.8 Å². The molecule has 0 atom stereocenters. The predicted molar refractivity (Wildman–Crippen MR) is 58.7 cm³/mol. The van der Waals surface area contributed by atoms with E-state index in [1.165, 1.54) is 6.07 Å². The highest BCUT2D eigenvalue weighted by Crippen LogP contribution is 2.40. The number of phenolic OH excluding ortho intramolecular Hbond substituents is 2. The number of benzene rings is 1. The van der Waals surface area contributed by atoms with Gasteiger partial charge in [0.1, 0.15) is 5.58 Å². The molecular formula is C11H10N2O3. The summed E-state index contributed by atoms with van der Waals surface area (Å²) < 4.78 is 5.53. The largest absolute Gasteiger partial charge is 0.504 e. The van der Waals surface area contributed by atoms with Crippen LogP contribution in [-0.2, 0) is 0 Å². The molecule has 0 bridgehead atoms. The number of fused-ring (bicyclic) bond motifs is 3. The average molecular weight is 218 g/mol. The summed E-state index contributed by atoms with van der Waals surface area (Å²) in [5.74, 6) is -0.293. The Hall–Kier alpha value is -2.17. The lowest BCUT2D eigenvalue weighted by Gasteiger charge is -2.01. The molecule has 0 saturated carbocycles. The van der Waals surface area contributed by atoms with Gasteiger partial charge < -0.3 is 14.6 Å². The van der Waals surface area contributed by atoms with E-state index < -0.39 is 0 Å². The van der Waals surface area contributed by atoms with E-state index in [0.29, 0.717) is 16.9 Å². The first-order chi connectivity index (χ1) is 7.59. The Bertz CT molecular complexity index is 709. The highest BCUT2D eigenvalue weighted by atomic mass is 16.3. The van der Waals surface area contributed by atoms with Crippen LogP contribution in [-0.4, -0.2) is 20.4 Å². The molecule has 3 rings (SSSR count). The molecule has 82 valence electrons. The van der Waals surface area contributed by atoms with E-state index in [4.69, 9.17) is 4.42 Å². The molecule has 0 unspecified atom stereocenters. The van der Waals surface area contributed by atoms with Gasteiger partial charge in [0.2, 0.25) is 5.71 Å². The molecule has 3 aromatic rings. The predicted octanol–water partition coefficient (Wildman–Crippen LogP) is 2.34. The van der Waals surface area contributed by atoms with Gasteiger partial charge in [0, 0.05) is 16.6 Å². The zero-order valence-electron chi connectivity index (χ0n) is 8.83. The molecule has 0 fully saturated rings. The van der Waals surface area contributed by atoms with Gasteiger partial charge in [-0.15, -0.1) is 5.10 Å². The first kappa shape index (κ1) is 9.08. The molecule has 0 radical (unpaired) electrons. The van der Waals surface area contributed by atoms with E-state index in [1.54, 1.807) is 6.92 Å². The number of hydrogen-bond acceptors (Lipinski definition) is 4. The number of H-pyrrole nitrogens is 1. The summed E-state index contributed by atoms with van der Waals surface area (Å²) in [7, 11) is 0. The zero-order valence-corrected chi connectivity index (χ0v) is 8.83. The van der Waals surface area contributed by atoms with Crippen LogP contribution < -0.4 is 0 Å². The number of nitrogens with one attached hydrogen (secondary N) is 1. The van der Waals surface area contributed by atoms with Crippen LogP contribution in [0.15, 0.2) is 10.5 Å². The van der Waals surface area contributed by atoms with Gasteiger partial charge in [-0.2, -0.15) is 0 Å². The number of hydrogen-bond donors (Lipinski definition) is 3. The van der Waals surface area contributed by atoms with E-state index >= 15 is 0 Å². The molecule has 2 aromatic heterocycles. The number of aromatic amines is 1. The Morgan fingerprint density at radius 2 is 2.06 bits per heavy atom. The van der Waals surface area contributed by atoms with E-state index in [2.05, 4.69) is 10.2 Å². The number of nitrogens with zero attached hydrogens (tertiary/aromatic N) is 1. The second kappa shape index (κ2) is 2.69. The van der Waals surface area contributed by atoms with Crippen molar-refractivity contribution in [2.75, 3.05) is 0 Å². The van der Waals surface area contributed by atoms with E-state index in [-0.39, 0.29) is 11.5 Å². The molecule has 0 aliphatic carbocycles. The molecule has 0 aliphatic rings. The van der Waals surface area contributed by atoms with Crippen molar-refractivity contribution >= 4 is 22.1 Å². The van der Waals surface area contributed by atoms with Crippen LogP contribution in [0.3, 0.4) is 0 Å². The van der Waals surface area contributed by atoms with Gasteiger partial charge in [0.05, 0.1) is 5.39 Å². The summed E-state index contributed by atoms with van der Waals surface area (Å²) in [6, 6.07) is 1.49. The number of furan rings is 1. The Kier molecular flexibility index (Phi) is 1.53. The van der Waals surface area contributed by atoms with Crippen LogP contribution in [0.2, 0.25) is 0 Å². The third-order valence-electron chi connectivity index (χ3n) is 2.85. The maximum atomic E-state index is 9.60. The summed E-state index contributed by atoms with van der Waals surface area (Å²) >= 11 is 0. The lowest BCUT2D eigenvalue weighted by Crippen LogP contribution is -1.79. The summed E-state index contributed by atoms with van der Waals surface area (Å²) in [5.41, 5.74) is 2.44. The first-order valence-corrected chi connectivity index (χ1v) is 4.88. The number of aromatic hydroxyl groups is 2. The molecule has 5 heteroatoms. The minimum absolute atomic E-state index is 0.145. The third-order valence-corrected chi connectivity index (χ3v) is 2.85. The van der Waals surface area contributed by atoms with E-state index in [1.807, 2.05) is 6.92 Å². The summed E-state index contributed by atoms with van der Waals surface area (Å²) in [6.45, 7) is 3.57. The van der Waals surface area contributed by atoms with Crippen LogP contribution in [0.5, 0.6) is 11.5 Å². The van der Waals surface area contributed by atoms with Crippen molar-refractivity contribution in [1.82, 2.24) is 10.2 Å². The van der Waals surface area contributed by atoms with Gasteiger partial charge in [-0.1, -0.05) is 0 Å². The van der Waals surface area contributed by atoms with Crippen molar-refractivity contribution in [2.24, 2.45) is 0 Å². The van der Waals surface area contributed by atoms with Crippen LogP contribution in [0.4, 0.5) is 0 Å². The maximum absolute atomic E-state index is 9.60. The fourth-order valence-electron chi connectivity index (χ4n) is 1.98. The van der Waals surface area contributed by atoms with Crippen molar-refractivity contribution in [3.63, 3.8) is 0 Å². The molecule has 1 aromatic carbocycles. The molecular weight excluding hydrogens is 208 g/mol. The van der Waals surface area contributed by atoms with Crippen molar-refractivity contribution < 1.29 is 14.6 Å². The standard InChI is InChI=1S/C11H10N2O3/c1-4-9(15)7(14)3-6-8-5(2)12-13-11(8)16-10(4)6/h3,14-15H,1-2H3,(H,12,13). The smallest absolute Gasteiger partial charge is 0.246 e. The molecule has 0 spiro atoms. The van der Waals surface area contributed by atoms with Crippen LogP contribution in [0.1, 0.15) is 11.3 Å². The number of aryl methyl sites for hydroxylation is 2. The quantitative estimate of drug-likeness (QED) is 0.506. The van der Waals surface area contributed by atoms with Crippen LogP contribution in [0.25, 0.3) is 22.1 Å². The minimum Gasteiger partial charge on any atom is -0.504 e. The molecule has 2 heterocycles. The van der Waals surface area contributed by atoms with Crippen molar-refractivity contribution in [3.05, 3.63) is 17.3 Å². The molecule has 3 N–H and O–H groups in total. The Balaban J connectivity index is 2.62. The maximum Gasteiger partial charge on any atom is 0.246 e. The fraction of sp³-hybridized carbons (Fsp3) is 0.182. The third kappa shape index (κ3) is 0.920. The van der Waals surface area contributed by atoms with E-state index in [0.717, 1.165) is 16.5 Å². The second-order valence-electron chi connectivity index (χ2n) is 3.88. The van der Waals surface area contributed by atoms with Crippen LogP contribution >= 0.6 is 0 Å². The number of rotatable bonds is 0. The van der Waals surface area contributed by atoms with Gasteiger partial charge >= 0.3 is 0 Å². The lowest BCUT2D eigenvalue weighted by molar-refractivity contribution is 0.401. The average Bonchev–Trinajstić information content (AvgIpc) is 2.77. The van der Waals surface area contributed by atoms with Gasteiger partial charge in [0.25, 0.3) is 0 Å². The Labute approximate surface area is 90.3 Å². The zero-order chi connectivity index (χ0) is 11.4. The first-order valence-electron chi connectivity index (χ1n) is 4.88. The van der Waals surface area contributed by atoms with Gasteiger partial charge in [-0.05, 0) is 19.9 Å². The number of phenols is 2. The highest BCUT2D eigenvalue weighted by Gasteiger charge is 2.18. The fourth-order valence-corrected chi connectivity index (χ4v) is 1.98. The molecule has 5 nitrogen and oxygen atoms in total. The topological polar surface area (TPSA) is 82.3 Å². The Morgan fingerprint density at radius 1 is 1.31 bits per heavy atom. The normalized spacial score (nSPS) is 11.6. The SMILES string of the molecule is Cc1c(O)c(O)cc2c1oc1n[nH]c(C)c12. The summed E-state index contributed by atoms with van der Waals surface area (Å²) in [4.78, 5) is 0. The van der Waals surface area contributed by atoms with Gasteiger partial charge in [-0.25, -0.2) is 0 Å². The van der Waals surface area contributed by atoms with Gasteiger partial charge in [-0.3, -0.25) is 5.10 Å². The molecule has 0 amide bonds. The van der Waals surface area contributed by atoms with E-state index in [9.17, 15) is 10.2 Å². The lowest BCUT2D eigenvalue weighted by atomic mass is 10.1. The highest BCUT2D eigenvalue weighted by molar-refractivity contribution is 6.07. The van der Waals surface area contributed by atoms with Gasteiger partial charge in [0.15, 0.2) is 11.5 Å². The monoisotopic (exact) mass is 218 g/mol. The number of aromatic nitrogens is 2. The van der Waals surface area contributed by atoms with Crippen molar-refractivity contribution in [1.29, 1.82) is 0 Å². The summed E-state index contributed by atoms with van der Waals surface area (Å²) in [5, 5.41) is 27.6. The van der Waals surface area contributed by atoms with Crippen molar-refractivity contribution in [2.45, 2.75) is 13.8 Å². The molecule has 0 saturated heterocycles. The Morgan fingerprint density at radius 3 is 2.81 bits per heavy atom. The minimum atomic E-state index is -0.148. The van der Waals surface area contributed by atoms with Crippen molar-refractivity contribution in [3.8, 4) is 11.5 Å². The molecule has 0 aliphatic heterocycles.